The van der Waals surface area contributed by atoms with Gasteiger partial charge in [0.05, 0.1) is 0 Å². The van der Waals surface area contributed by atoms with Crippen LogP contribution in [0, 0.1) is 0 Å². The van der Waals surface area contributed by atoms with Crippen LogP contribution in [-0.2, 0) is 22.6 Å². The molecule has 1 aliphatic heterocycles. The number of aliphatic carboxylic acids is 1. The summed E-state index contributed by atoms with van der Waals surface area (Å²) < 4.78 is 0. The topological polar surface area (TPSA) is 85.8 Å². The van der Waals surface area contributed by atoms with Gasteiger partial charge in [0.25, 0.3) is 5.91 Å². The molecule has 1 heterocycles. The summed E-state index contributed by atoms with van der Waals surface area (Å²) in [6, 6.07) is 7.89. The summed E-state index contributed by atoms with van der Waals surface area (Å²) in [5.74, 6) is -1.25. The van der Waals surface area contributed by atoms with Crippen molar-refractivity contribution in [3.8, 4) is 0 Å². The van der Waals surface area contributed by atoms with Gasteiger partial charge in [0.2, 0.25) is 0 Å². The lowest BCUT2D eigenvalue weighted by molar-refractivity contribution is -0.695. The van der Waals surface area contributed by atoms with Crippen LogP contribution in [0.5, 0.6) is 0 Å². The van der Waals surface area contributed by atoms with Crippen molar-refractivity contribution in [2.24, 2.45) is 0 Å². The van der Waals surface area contributed by atoms with Crippen molar-refractivity contribution in [3.63, 3.8) is 0 Å². The highest BCUT2D eigenvalue weighted by Crippen LogP contribution is 2.12. The summed E-state index contributed by atoms with van der Waals surface area (Å²) in [6.07, 6.45) is 0.544. The lowest BCUT2D eigenvalue weighted by atomic mass is 9.95. The van der Waals surface area contributed by atoms with E-state index in [4.69, 9.17) is 0 Å². The molecule has 1 aromatic carbocycles. The number of carbonyl (C=O) groups excluding carboxylic acids is 2. The summed E-state index contributed by atoms with van der Waals surface area (Å²) in [5.41, 5.74) is 2.45. The van der Waals surface area contributed by atoms with Gasteiger partial charge in [-0.25, -0.2) is 0 Å². The van der Waals surface area contributed by atoms with Crippen LogP contribution in [0.2, 0.25) is 0 Å². The van der Waals surface area contributed by atoms with Crippen molar-refractivity contribution < 1.29 is 20.0 Å². The van der Waals surface area contributed by atoms with Gasteiger partial charge in [0.1, 0.15) is 6.54 Å². The minimum Gasteiger partial charge on any atom is -0.550 e. The summed E-state index contributed by atoms with van der Waals surface area (Å²) in [4.78, 5) is 22.1. The van der Waals surface area contributed by atoms with Crippen molar-refractivity contribution in [1.29, 1.82) is 0 Å². The molecule has 0 aromatic heterocycles. The Labute approximate surface area is 105 Å². The SMILES string of the molecule is O=C([O-])CCNC(=O)[C@H]1Cc2ccccc2C[NH2+]1. The van der Waals surface area contributed by atoms with Crippen LogP contribution in [0.15, 0.2) is 24.3 Å². The molecule has 0 unspecified atom stereocenters. The zero-order chi connectivity index (χ0) is 13.0. The Hall–Kier alpha value is -1.88. The maximum absolute atomic E-state index is 11.8. The number of fused-ring (bicyclic) bond motifs is 1. The maximum atomic E-state index is 11.8. The van der Waals surface area contributed by atoms with Gasteiger partial charge >= 0.3 is 0 Å². The first-order chi connectivity index (χ1) is 8.66. The van der Waals surface area contributed by atoms with E-state index in [-0.39, 0.29) is 24.9 Å². The molecule has 0 spiro atoms. The zero-order valence-corrected chi connectivity index (χ0v) is 10.0. The monoisotopic (exact) mass is 248 g/mol. The van der Waals surface area contributed by atoms with E-state index in [0.29, 0.717) is 6.42 Å². The normalized spacial score (nSPS) is 17.9. The molecule has 18 heavy (non-hydrogen) atoms. The highest BCUT2D eigenvalue weighted by molar-refractivity contribution is 5.81. The van der Waals surface area contributed by atoms with Crippen molar-refractivity contribution in [2.75, 3.05) is 6.54 Å². The highest BCUT2D eigenvalue weighted by Gasteiger charge is 2.27. The van der Waals surface area contributed by atoms with Crippen molar-refractivity contribution >= 4 is 11.9 Å². The number of nitrogens with two attached hydrogens (primary N) is 1. The lowest BCUT2D eigenvalue weighted by Crippen LogP contribution is -2.93. The number of rotatable bonds is 4. The molecule has 0 bridgehead atoms. The summed E-state index contributed by atoms with van der Waals surface area (Å²) in [7, 11) is 0. The Morgan fingerprint density at radius 3 is 2.78 bits per heavy atom. The fourth-order valence-corrected chi connectivity index (χ4v) is 2.16. The predicted molar refractivity (Wildman–Crippen MR) is 62.2 cm³/mol. The van der Waals surface area contributed by atoms with E-state index in [1.807, 2.05) is 23.5 Å². The molecule has 0 fully saturated rings. The first kappa shape index (κ1) is 12.6. The van der Waals surface area contributed by atoms with Gasteiger partial charge in [0, 0.05) is 30.9 Å². The molecular weight excluding hydrogens is 232 g/mol. The Balaban J connectivity index is 1.88. The number of nitrogens with one attached hydrogen (secondary N) is 1. The summed E-state index contributed by atoms with van der Waals surface area (Å²) >= 11 is 0. The van der Waals surface area contributed by atoms with Gasteiger partial charge in [0.15, 0.2) is 6.04 Å². The molecule has 5 nitrogen and oxygen atoms in total. The molecule has 96 valence electrons. The molecule has 0 radical (unpaired) electrons. The Morgan fingerprint density at radius 2 is 2.06 bits per heavy atom. The first-order valence-electron chi connectivity index (χ1n) is 6.04. The van der Waals surface area contributed by atoms with Crippen molar-refractivity contribution in [2.45, 2.75) is 25.4 Å². The number of carboxylic acid groups (broad SMARTS) is 1. The third kappa shape index (κ3) is 3.07. The molecule has 1 amide bonds. The molecule has 0 saturated heterocycles. The average Bonchev–Trinajstić information content (AvgIpc) is 2.37. The van der Waals surface area contributed by atoms with E-state index in [2.05, 4.69) is 11.4 Å². The number of benzene rings is 1. The quantitative estimate of drug-likeness (QED) is 0.642. The van der Waals surface area contributed by atoms with Gasteiger partial charge in [-0.05, 0) is 5.56 Å². The second kappa shape index (κ2) is 5.64. The van der Waals surface area contributed by atoms with Crippen LogP contribution < -0.4 is 15.7 Å². The van der Waals surface area contributed by atoms with Crippen LogP contribution in [0.3, 0.4) is 0 Å². The van der Waals surface area contributed by atoms with Crippen LogP contribution in [0.25, 0.3) is 0 Å². The minimum atomic E-state index is -1.15. The van der Waals surface area contributed by atoms with E-state index >= 15 is 0 Å². The molecule has 1 aliphatic rings. The average molecular weight is 248 g/mol. The standard InChI is InChI=1S/C13H16N2O3/c16-12(17)5-6-14-13(18)11-7-9-3-1-2-4-10(9)8-15-11/h1-4,11,15H,5-8H2,(H,14,18)(H,16,17)/t11-/m1/s1. The predicted octanol–water partition coefficient (Wildman–Crippen LogP) is -2.07. The van der Waals surface area contributed by atoms with Crippen LogP contribution >= 0.6 is 0 Å². The number of amides is 1. The molecule has 0 saturated carbocycles. The second-order valence-electron chi connectivity index (χ2n) is 4.43. The Kier molecular flexibility index (Phi) is 3.94. The molecule has 2 rings (SSSR count). The van der Waals surface area contributed by atoms with E-state index in [1.54, 1.807) is 0 Å². The third-order valence-corrected chi connectivity index (χ3v) is 3.15. The van der Waals surface area contributed by atoms with Crippen LogP contribution in [0.1, 0.15) is 17.5 Å². The lowest BCUT2D eigenvalue weighted by Gasteiger charge is -2.22. The minimum absolute atomic E-state index is 0.106. The maximum Gasteiger partial charge on any atom is 0.278 e. The van der Waals surface area contributed by atoms with Crippen molar-refractivity contribution in [3.05, 3.63) is 35.4 Å². The summed E-state index contributed by atoms with van der Waals surface area (Å²) in [5, 5.41) is 14.9. The zero-order valence-electron chi connectivity index (χ0n) is 10.0. The Morgan fingerprint density at radius 1 is 1.33 bits per heavy atom. The smallest absolute Gasteiger partial charge is 0.278 e. The van der Waals surface area contributed by atoms with E-state index < -0.39 is 5.97 Å². The molecule has 5 heteroatoms. The van der Waals surface area contributed by atoms with Gasteiger partial charge in [-0.15, -0.1) is 0 Å². The van der Waals surface area contributed by atoms with Crippen LogP contribution in [-0.4, -0.2) is 24.5 Å². The van der Waals surface area contributed by atoms with Gasteiger partial charge in [-0.2, -0.15) is 0 Å². The van der Waals surface area contributed by atoms with Gasteiger partial charge < -0.3 is 20.5 Å². The van der Waals surface area contributed by atoms with Crippen LogP contribution in [0.4, 0.5) is 0 Å². The molecule has 3 N–H and O–H groups in total. The number of carbonyl (C=O) groups is 2. The molecule has 1 atom stereocenters. The fraction of sp³-hybridized carbons (Fsp3) is 0.385. The number of hydrogen-bond acceptors (Lipinski definition) is 3. The fourth-order valence-electron chi connectivity index (χ4n) is 2.16. The van der Waals surface area contributed by atoms with Gasteiger partial charge in [-0.1, -0.05) is 24.3 Å². The van der Waals surface area contributed by atoms with E-state index in [9.17, 15) is 14.7 Å². The van der Waals surface area contributed by atoms with E-state index in [1.165, 1.54) is 11.1 Å². The first-order valence-corrected chi connectivity index (χ1v) is 6.04. The number of quaternary nitrogens is 1. The molecule has 1 aromatic rings. The third-order valence-electron chi connectivity index (χ3n) is 3.15. The summed E-state index contributed by atoms with van der Waals surface area (Å²) in [6.45, 7) is 0.919. The van der Waals surface area contributed by atoms with Crippen molar-refractivity contribution in [1.82, 2.24) is 5.32 Å². The number of hydrogen-bond donors (Lipinski definition) is 2. The number of carboxylic acids is 1. The van der Waals surface area contributed by atoms with E-state index in [0.717, 1.165) is 6.54 Å². The Bertz CT molecular complexity index is 459. The van der Waals surface area contributed by atoms with Gasteiger partial charge in [-0.3, -0.25) is 4.79 Å². The molecular formula is C13H16N2O3. The largest absolute Gasteiger partial charge is 0.550 e. The second-order valence-corrected chi connectivity index (χ2v) is 4.43. The molecule has 0 aliphatic carbocycles. The highest BCUT2D eigenvalue weighted by atomic mass is 16.4.